The van der Waals surface area contributed by atoms with Gasteiger partial charge in [-0.3, -0.25) is 9.36 Å². The zero-order valence-electron chi connectivity index (χ0n) is 12.0. The lowest BCUT2D eigenvalue weighted by Crippen LogP contribution is -2.16. The third-order valence-electron chi connectivity index (χ3n) is 2.36. The fourth-order valence-corrected chi connectivity index (χ4v) is 4.12. The summed E-state index contributed by atoms with van der Waals surface area (Å²) in [4.78, 5) is 12.0. The number of hydrogen-bond donors (Lipinski definition) is 0. The van der Waals surface area contributed by atoms with Crippen LogP contribution in [0.2, 0.25) is 25.1 Å². The molecule has 0 amide bonds. The Morgan fingerprint density at radius 2 is 1.26 bits per heavy atom. The van der Waals surface area contributed by atoms with Crippen molar-refractivity contribution in [2.45, 2.75) is 13.8 Å². The van der Waals surface area contributed by atoms with Gasteiger partial charge in [0.25, 0.3) is 0 Å². The Morgan fingerprint density at radius 3 is 1.65 bits per heavy atom. The van der Waals surface area contributed by atoms with Crippen molar-refractivity contribution in [3.8, 4) is 5.75 Å². The van der Waals surface area contributed by atoms with Gasteiger partial charge in [-0.1, -0.05) is 58.0 Å². The number of ether oxygens (including phenoxy) is 1. The Balaban J connectivity index is 3.05. The molecule has 0 spiro atoms. The molecule has 0 bridgehead atoms. The van der Waals surface area contributed by atoms with Crippen molar-refractivity contribution in [3.63, 3.8) is 0 Å². The van der Waals surface area contributed by atoms with Crippen molar-refractivity contribution in [1.82, 2.24) is 0 Å². The number of rotatable bonds is 7. The second-order valence-electron chi connectivity index (χ2n) is 3.98. The molecule has 0 saturated heterocycles. The molecule has 0 aliphatic heterocycles. The predicted octanol–water partition coefficient (Wildman–Crippen LogP) is 6.13. The van der Waals surface area contributed by atoms with Crippen LogP contribution >= 0.6 is 65.6 Å². The zero-order chi connectivity index (χ0) is 17.8. The number of halogens is 5. The zero-order valence-corrected chi connectivity index (χ0v) is 16.7. The first-order chi connectivity index (χ1) is 10.7. The molecule has 0 atom stereocenters. The van der Waals surface area contributed by atoms with Crippen LogP contribution in [0.15, 0.2) is 0 Å². The molecule has 0 aliphatic carbocycles. The van der Waals surface area contributed by atoms with E-state index in [2.05, 4.69) is 0 Å². The molecule has 0 heterocycles. The molecular formula is C12H12Cl5O5P. The lowest BCUT2D eigenvalue weighted by Gasteiger charge is -2.17. The Hall–Kier alpha value is 0.290. The normalized spacial score (nSPS) is 11.6. The Bertz CT molecular complexity index is 612. The Kier molecular flexibility index (Phi) is 8.46. The molecule has 0 radical (unpaired) electrons. The lowest BCUT2D eigenvalue weighted by molar-refractivity contribution is -0.131. The molecule has 0 unspecified atom stereocenters. The van der Waals surface area contributed by atoms with E-state index in [9.17, 15) is 9.36 Å². The fourth-order valence-electron chi connectivity index (χ4n) is 1.50. The van der Waals surface area contributed by atoms with Crippen molar-refractivity contribution in [3.05, 3.63) is 25.1 Å². The molecule has 1 rings (SSSR count). The molecule has 130 valence electrons. The molecule has 0 saturated carbocycles. The highest BCUT2D eigenvalue weighted by molar-refractivity contribution is 7.54. The van der Waals surface area contributed by atoms with E-state index in [0.29, 0.717) is 0 Å². The van der Waals surface area contributed by atoms with Crippen LogP contribution in [0.25, 0.3) is 0 Å². The highest BCUT2D eigenvalue weighted by atomic mass is 35.5. The summed E-state index contributed by atoms with van der Waals surface area (Å²) in [6.45, 7) is 3.43. The summed E-state index contributed by atoms with van der Waals surface area (Å²) in [5.74, 6) is -1.22. The van der Waals surface area contributed by atoms with Gasteiger partial charge in [-0.2, -0.15) is 0 Å². The van der Waals surface area contributed by atoms with Crippen LogP contribution in [0.3, 0.4) is 0 Å². The van der Waals surface area contributed by atoms with Gasteiger partial charge in [0.1, 0.15) is 16.2 Å². The molecule has 1 aromatic rings. The molecule has 5 nitrogen and oxygen atoms in total. The minimum Gasteiger partial charge on any atom is -0.423 e. The summed E-state index contributed by atoms with van der Waals surface area (Å²) < 4.78 is 27.3. The van der Waals surface area contributed by atoms with Crippen LogP contribution in [-0.2, 0) is 18.4 Å². The largest absolute Gasteiger partial charge is 0.423 e. The molecular weight excluding hydrogens is 432 g/mol. The van der Waals surface area contributed by atoms with Crippen LogP contribution in [0.4, 0.5) is 0 Å². The van der Waals surface area contributed by atoms with Crippen molar-refractivity contribution in [1.29, 1.82) is 0 Å². The van der Waals surface area contributed by atoms with Gasteiger partial charge in [-0.15, -0.1) is 0 Å². The molecule has 0 aromatic heterocycles. The first kappa shape index (κ1) is 21.3. The van der Waals surface area contributed by atoms with Gasteiger partial charge >= 0.3 is 13.6 Å². The first-order valence-electron chi connectivity index (χ1n) is 6.27. The van der Waals surface area contributed by atoms with E-state index in [0.717, 1.165) is 0 Å². The maximum Gasteiger partial charge on any atom is 0.341 e. The summed E-state index contributed by atoms with van der Waals surface area (Å²) in [6.07, 6.45) is -0.626. The summed E-state index contributed by atoms with van der Waals surface area (Å²) >= 11 is 29.5. The number of esters is 1. The van der Waals surface area contributed by atoms with Crippen LogP contribution in [0, 0.1) is 0 Å². The van der Waals surface area contributed by atoms with Gasteiger partial charge in [0.15, 0.2) is 5.75 Å². The van der Waals surface area contributed by atoms with Gasteiger partial charge in [-0.25, -0.2) is 0 Å². The lowest BCUT2D eigenvalue weighted by atomic mass is 10.3. The molecule has 0 N–H and O–H groups in total. The second-order valence-corrected chi connectivity index (χ2v) is 7.92. The molecule has 0 aliphatic rings. The highest BCUT2D eigenvalue weighted by Gasteiger charge is 2.30. The number of carbonyl (C=O) groups excluding carboxylic acids is 1. The predicted molar refractivity (Wildman–Crippen MR) is 92.9 cm³/mol. The summed E-state index contributed by atoms with van der Waals surface area (Å²) in [5, 5.41) is -0.701. The standard InChI is InChI=1S/C12H12Cl5O5P/c1-3-20-23(19,21-4-2)5-6(18)22-12-10(16)8(14)7(13)9(15)11(12)17/h3-5H2,1-2H3. The van der Waals surface area contributed by atoms with E-state index in [1.54, 1.807) is 13.8 Å². The van der Waals surface area contributed by atoms with Gasteiger partial charge in [0.05, 0.1) is 28.3 Å². The minimum absolute atomic E-state index is 0.0718. The first-order valence-corrected chi connectivity index (χ1v) is 9.88. The summed E-state index contributed by atoms with van der Waals surface area (Å²) in [6, 6.07) is 0. The van der Waals surface area contributed by atoms with E-state index in [4.69, 9.17) is 71.8 Å². The minimum atomic E-state index is -3.63. The molecule has 0 fully saturated rings. The summed E-state index contributed by atoms with van der Waals surface area (Å²) in [5.41, 5.74) is 0. The van der Waals surface area contributed by atoms with Crippen molar-refractivity contribution in [2.24, 2.45) is 0 Å². The maximum atomic E-state index is 12.3. The number of benzene rings is 1. The monoisotopic (exact) mass is 442 g/mol. The van der Waals surface area contributed by atoms with Crippen LogP contribution < -0.4 is 4.74 Å². The van der Waals surface area contributed by atoms with Gasteiger partial charge in [-0.05, 0) is 13.8 Å². The van der Waals surface area contributed by atoms with Gasteiger partial charge in [0.2, 0.25) is 0 Å². The quantitative estimate of drug-likeness (QED) is 0.167. The second kappa shape index (κ2) is 9.12. The number of hydrogen-bond acceptors (Lipinski definition) is 5. The van der Waals surface area contributed by atoms with E-state index in [-0.39, 0.29) is 44.1 Å². The summed E-state index contributed by atoms with van der Waals surface area (Å²) in [7, 11) is -3.63. The van der Waals surface area contributed by atoms with Gasteiger partial charge in [0, 0.05) is 0 Å². The highest BCUT2D eigenvalue weighted by Crippen LogP contribution is 2.50. The van der Waals surface area contributed by atoms with E-state index >= 15 is 0 Å². The average molecular weight is 444 g/mol. The third-order valence-corrected chi connectivity index (χ3v) is 6.55. The topological polar surface area (TPSA) is 61.8 Å². The molecule has 11 heteroatoms. The third kappa shape index (κ3) is 5.38. The van der Waals surface area contributed by atoms with Crippen molar-refractivity contribution in [2.75, 3.05) is 19.4 Å². The molecule has 1 aromatic carbocycles. The van der Waals surface area contributed by atoms with Crippen LogP contribution in [-0.4, -0.2) is 25.3 Å². The van der Waals surface area contributed by atoms with Crippen LogP contribution in [0.5, 0.6) is 5.75 Å². The maximum absolute atomic E-state index is 12.3. The van der Waals surface area contributed by atoms with E-state index in [1.807, 2.05) is 0 Å². The van der Waals surface area contributed by atoms with Crippen LogP contribution in [0.1, 0.15) is 13.8 Å². The SMILES string of the molecule is CCOP(=O)(CC(=O)Oc1c(Cl)c(Cl)c(Cl)c(Cl)c1Cl)OCC. The van der Waals surface area contributed by atoms with Crippen molar-refractivity contribution < 1.29 is 23.1 Å². The number of carbonyl (C=O) groups is 1. The van der Waals surface area contributed by atoms with E-state index in [1.165, 1.54) is 0 Å². The van der Waals surface area contributed by atoms with E-state index < -0.39 is 19.7 Å². The molecule has 23 heavy (non-hydrogen) atoms. The Morgan fingerprint density at radius 1 is 0.870 bits per heavy atom. The average Bonchev–Trinajstić information content (AvgIpc) is 2.48. The smallest absolute Gasteiger partial charge is 0.341 e. The van der Waals surface area contributed by atoms with Crippen molar-refractivity contribution >= 4 is 71.6 Å². The van der Waals surface area contributed by atoms with Gasteiger partial charge < -0.3 is 13.8 Å². The fraction of sp³-hybridized carbons (Fsp3) is 0.417. The Labute approximate surface area is 158 Å².